The summed E-state index contributed by atoms with van der Waals surface area (Å²) < 4.78 is 5.06. The Labute approximate surface area is 95.0 Å². The molecule has 1 N–H and O–H groups in total. The molecule has 0 saturated carbocycles. The monoisotopic (exact) mass is 220 g/mol. The van der Waals surface area contributed by atoms with Crippen LogP contribution in [0, 0.1) is 0 Å². The molecule has 0 aliphatic carbocycles. The average molecular weight is 220 g/mol. The molecule has 1 aromatic rings. The van der Waals surface area contributed by atoms with Crippen molar-refractivity contribution in [2.75, 3.05) is 13.7 Å². The maximum Gasteiger partial charge on any atom is 0.181 e. The molecule has 2 heterocycles. The van der Waals surface area contributed by atoms with Crippen LogP contribution in [-0.4, -0.2) is 30.5 Å². The topological polar surface area (TPSA) is 51.2 Å². The Kier molecular flexibility index (Phi) is 3.51. The predicted molar refractivity (Wildman–Crippen MR) is 60.8 cm³/mol. The third-order valence-corrected chi connectivity index (χ3v) is 2.86. The van der Waals surface area contributed by atoms with Crippen LogP contribution < -0.4 is 10.1 Å². The van der Waals surface area contributed by atoms with Gasteiger partial charge in [0.15, 0.2) is 5.78 Å². The normalized spacial score (nSPS) is 20.4. The SMILES string of the molecule is COc1cncc(C(=O)C2CCCCN2)c1. The molecule has 0 aromatic carbocycles. The Morgan fingerprint density at radius 2 is 2.38 bits per heavy atom. The van der Waals surface area contributed by atoms with Crippen molar-refractivity contribution in [1.82, 2.24) is 10.3 Å². The van der Waals surface area contributed by atoms with Crippen LogP contribution in [0.3, 0.4) is 0 Å². The first kappa shape index (κ1) is 11.1. The van der Waals surface area contributed by atoms with E-state index in [0.29, 0.717) is 11.3 Å². The fourth-order valence-electron chi connectivity index (χ4n) is 1.94. The number of Topliss-reactive ketones (excluding diaryl/α,β-unsaturated/α-hetero) is 1. The van der Waals surface area contributed by atoms with Crippen molar-refractivity contribution in [1.29, 1.82) is 0 Å². The summed E-state index contributed by atoms with van der Waals surface area (Å²) in [7, 11) is 1.57. The highest BCUT2D eigenvalue weighted by molar-refractivity contribution is 6.00. The minimum absolute atomic E-state index is 0.0531. The van der Waals surface area contributed by atoms with Crippen LogP contribution in [0.15, 0.2) is 18.5 Å². The molecule has 16 heavy (non-hydrogen) atoms. The standard InChI is InChI=1S/C12H16N2O2/c1-16-10-6-9(7-13-8-10)12(15)11-4-2-3-5-14-11/h6-8,11,14H,2-5H2,1H3. The zero-order valence-electron chi connectivity index (χ0n) is 9.40. The molecule has 1 aliphatic heterocycles. The largest absolute Gasteiger partial charge is 0.495 e. The van der Waals surface area contributed by atoms with E-state index in [-0.39, 0.29) is 11.8 Å². The molecule has 0 bridgehead atoms. The van der Waals surface area contributed by atoms with E-state index in [1.54, 1.807) is 25.6 Å². The number of nitrogens with one attached hydrogen (secondary N) is 1. The number of aromatic nitrogens is 1. The molecule has 4 nitrogen and oxygen atoms in total. The van der Waals surface area contributed by atoms with Crippen molar-refractivity contribution in [3.05, 3.63) is 24.0 Å². The van der Waals surface area contributed by atoms with Gasteiger partial charge >= 0.3 is 0 Å². The quantitative estimate of drug-likeness (QED) is 0.783. The van der Waals surface area contributed by atoms with E-state index in [0.717, 1.165) is 25.8 Å². The Morgan fingerprint density at radius 3 is 3.06 bits per heavy atom. The summed E-state index contributed by atoms with van der Waals surface area (Å²) in [6.45, 7) is 0.924. The van der Waals surface area contributed by atoms with Gasteiger partial charge in [0, 0.05) is 11.8 Å². The molecule has 1 fully saturated rings. The van der Waals surface area contributed by atoms with Gasteiger partial charge in [-0.2, -0.15) is 0 Å². The van der Waals surface area contributed by atoms with Gasteiger partial charge in [0.25, 0.3) is 0 Å². The van der Waals surface area contributed by atoms with Crippen LogP contribution in [0.5, 0.6) is 5.75 Å². The van der Waals surface area contributed by atoms with Gasteiger partial charge in [-0.15, -0.1) is 0 Å². The predicted octanol–water partition coefficient (Wildman–Crippen LogP) is 1.41. The average Bonchev–Trinajstić information content (AvgIpc) is 2.39. The van der Waals surface area contributed by atoms with Gasteiger partial charge in [-0.05, 0) is 25.5 Å². The van der Waals surface area contributed by atoms with E-state index in [1.165, 1.54) is 0 Å². The number of piperidine rings is 1. The second-order valence-electron chi connectivity index (χ2n) is 3.98. The third-order valence-electron chi connectivity index (χ3n) is 2.86. The molecular weight excluding hydrogens is 204 g/mol. The first-order chi connectivity index (χ1) is 7.81. The lowest BCUT2D eigenvalue weighted by atomic mass is 9.97. The molecular formula is C12H16N2O2. The minimum Gasteiger partial charge on any atom is -0.495 e. The number of ketones is 1. The molecule has 0 radical (unpaired) electrons. The van der Waals surface area contributed by atoms with E-state index in [2.05, 4.69) is 10.3 Å². The Morgan fingerprint density at radius 1 is 1.50 bits per heavy atom. The highest BCUT2D eigenvalue weighted by Crippen LogP contribution is 2.16. The van der Waals surface area contributed by atoms with Crippen LogP contribution in [0.1, 0.15) is 29.6 Å². The van der Waals surface area contributed by atoms with Crippen molar-refractivity contribution in [2.24, 2.45) is 0 Å². The number of methoxy groups -OCH3 is 1. The number of ether oxygens (including phenoxy) is 1. The van der Waals surface area contributed by atoms with Gasteiger partial charge in [-0.25, -0.2) is 0 Å². The highest BCUT2D eigenvalue weighted by atomic mass is 16.5. The third kappa shape index (κ3) is 2.39. The van der Waals surface area contributed by atoms with Crippen LogP contribution in [0.4, 0.5) is 0 Å². The summed E-state index contributed by atoms with van der Waals surface area (Å²) in [6.07, 6.45) is 6.38. The van der Waals surface area contributed by atoms with Crippen molar-refractivity contribution in [2.45, 2.75) is 25.3 Å². The van der Waals surface area contributed by atoms with Crippen molar-refractivity contribution in [3.63, 3.8) is 0 Å². The molecule has 1 unspecified atom stereocenters. The minimum atomic E-state index is -0.0531. The van der Waals surface area contributed by atoms with Crippen molar-refractivity contribution >= 4 is 5.78 Å². The lowest BCUT2D eigenvalue weighted by Crippen LogP contribution is -2.40. The second-order valence-corrected chi connectivity index (χ2v) is 3.98. The zero-order valence-corrected chi connectivity index (χ0v) is 9.40. The van der Waals surface area contributed by atoms with E-state index in [4.69, 9.17) is 4.74 Å². The van der Waals surface area contributed by atoms with Gasteiger partial charge in [0.1, 0.15) is 5.75 Å². The van der Waals surface area contributed by atoms with Gasteiger partial charge in [0.05, 0.1) is 19.3 Å². The Balaban J connectivity index is 2.12. The summed E-state index contributed by atoms with van der Waals surface area (Å²) in [5.41, 5.74) is 0.624. The molecule has 1 atom stereocenters. The van der Waals surface area contributed by atoms with Gasteiger partial charge in [-0.1, -0.05) is 6.42 Å². The summed E-state index contributed by atoms with van der Waals surface area (Å²) >= 11 is 0. The number of nitrogens with zero attached hydrogens (tertiary/aromatic N) is 1. The number of carbonyl (C=O) groups is 1. The van der Waals surface area contributed by atoms with Crippen LogP contribution in [0.25, 0.3) is 0 Å². The maximum absolute atomic E-state index is 12.1. The molecule has 1 aromatic heterocycles. The van der Waals surface area contributed by atoms with Gasteiger partial charge in [-0.3, -0.25) is 9.78 Å². The maximum atomic E-state index is 12.1. The summed E-state index contributed by atoms with van der Waals surface area (Å²) in [5.74, 6) is 0.743. The van der Waals surface area contributed by atoms with Crippen molar-refractivity contribution in [3.8, 4) is 5.75 Å². The number of pyridine rings is 1. The van der Waals surface area contributed by atoms with Crippen molar-refractivity contribution < 1.29 is 9.53 Å². The highest BCUT2D eigenvalue weighted by Gasteiger charge is 2.22. The molecule has 86 valence electrons. The lowest BCUT2D eigenvalue weighted by molar-refractivity contribution is 0.0926. The molecule has 1 saturated heterocycles. The Bertz CT molecular complexity index is 373. The van der Waals surface area contributed by atoms with Crippen LogP contribution >= 0.6 is 0 Å². The first-order valence-corrected chi connectivity index (χ1v) is 5.58. The first-order valence-electron chi connectivity index (χ1n) is 5.58. The lowest BCUT2D eigenvalue weighted by Gasteiger charge is -2.22. The molecule has 0 spiro atoms. The van der Waals surface area contributed by atoms with Gasteiger partial charge < -0.3 is 10.1 Å². The second kappa shape index (κ2) is 5.07. The number of hydrogen-bond donors (Lipinski definition) is 1. The van der Waals surface area contributed by atoms with Gasteiger partial charge in [0.2, 0.25) is 0 Å². The number of hydrogen-bond acceptors (Lipinski definition) is 4. The molecule has 4 heteroatoms. The summed E-state index contributed by atoms with van der Waals surface area (Å²) in [5, 5.41) is 3.24. The fourth-order valence-corrected chi connectivity index (χ4v) is 1.94. The molecule has 0 amide bonds. The van der Waals surface area contributed by atoms with Crippen LogP contribution in [0.2, 0.25) is 0 Å². The van der Waals surface area contributed by atoms with Crippen LogP contribution in [-0.2, 0) is 0 Å². The van der Waals surface area contributed by atoms with E-state index in [1.807, 2.05) is 0 Å². The summed E-state index contributed by atoms with van der Waals surface area (Å²) in [6, 6.07) is 1.69. The molecule has 1 aliphatic rings. The molecule has 2 rings (SSSR count). The smallest absolute Gasteiger partial charge is 0.181 e. The number of rotatable bonds is 3. The fraction of sp³-hybridized carbons (Fsp3) is 0.500. The van der Waals surface area contributed by atoms with E-state index in [9.17, 15) is 4.79 Å². The van der Waals surface area contributed by atoms with E-state index < -0.39 is 0 Å². The Hall–Kier alpha value is -1.42. The van der Waals surface area contributed by atoms with E-state index >= 15 is 0 Å². The zero-order chi connectivity index (χ0) is 11.4. The summed E-state index contributed by atoms with van der Waals surface area (Å²) in [4.78, 5) is 16.1. The number of carbonyl (C=O) groups excluding carboxylic acids is 1.